The summed E-state index contributed by atoms with van der Waals surface area (Å²) >= 11 is 0. The molecule has 0 radical (unpaired) electrons. The zero-order valence-corrected chi connectivity index (χ0v) is 11.3. The molecule has 18 heavy (non-hydrogen) atoms. The maximum Gasteiger partial charge on any atom is 0.0456 e. The molecular formula is C16H24N2. The topological polar surface area (TPSA) is 41.8 Å². The van der Waals surface area contributed by atoms with Gasteiger partial charge in [0.15, 0.2) is 0 Å². The summed E-state index contributed by atoms with van der Waals surface area (Å²) in [5.74, 6) is 0.592. The Kier molecular flexibility index (Phi) is 4.82. The molecular weight excluding hydrogens is 220 g/mol. The molecule has 1 heterocycles. The van der Waals surface area contributed by atoms with Gasteiger partial charge in [-0.05, 0) is 36.9 Å². The van der Waals surface area contributed by atoms with Gasteiger partial charge < -0.3 is 10.7 Å². The summed E-state index contributed by atoms with van der Waals surface area (Å²) in [7, 11) is 0. The molecule has 2 heteroatoms. The zero-order valence-electron chi connectivity index (χ0n) is 11.3. The normalized spacial score (nSPS) is 13.0. The third-order valence-electron chi connectivity index (χ3n) is 3.66. The molecule has 0 amide bonds. The van der Waals surface area contributed by atoms with Crippen LogP contribution in [0.3, 0.4) is 0 Å². The van der Waals surface area contributed by atoms with Crippen molar-refractivity contribution in [3.63, 3.8) is 0 Å². The van der Waals surface area contributed by atoms with Gasteiger partial charge in [-0.15, -0.1) is 0 Å². The van der Waals surface area contributed by atoms with Crippen LogP contribution >= 0.6 is 0 Å². The second kappa shape index (κ2) is 6.60. The number of hydrogen-bond acceptors (Lipinski definition) is 1. The van der Waals surface area contributed by atoms with Crippen LogP contribution in [0.1, 0.15) is 50.6 Å². The first-order valence-electron chi connectivity index (χ1n) is 7.13. The molecule has 0 bridgehead atoms. The van der Waals surface area contributed by atoms with Crippen LogP contribution in [0, 0.1) is 0 Å². The number of unbranched alkanes of at least 4 members (excludes halogenated alkanes) is 2. The Labute approximate surface area is 110 Å². The average molecular weight is 244 g/mol. The van der Waals surface area contributed by atoms with Gasteiger partial charge in [-0.1, -0.05) is 44.4 Å². The number of nitrogens with two attached hydrogens (primary N) is 1. The van der Waals surface area contributed by atoms with E-state index >= 15 is 0 Å². The average Bonchev–Trinajstić information content (AvgIpc) is 2.81. The zero-order chi connectivity index (χ0) is 12.8. The smallest absolute Gasteiger partial charge is 0.0456 e. The summed E-state index contributed by atoms with van der Waals surface area (Å²) in [6, 6.07) is 10.8. The van der Waals surface area contributed by atoms with Gasteiger partial charge in [0.1, 0.15) is 0 Å². The van der Waals surface area contributed by atoms with E-state index in [1.54, 1.807) is 0 Å². The predicted octanol–water partition coefficient (Wildman–Crippen LogP) is 4.18. The molecule has 0 fully saturated rings. The first-order chi connectivity index (χ1) is 8.85. The van der Waals surface area contributed by atoms with E-state index in [-0.39, 0.29) is 0 Å². The molecule has 1 atom stereocenters. The predicted molar refractivity (Wildman–Crippen MR) is 78.9 cm³/mol. The number of nitrogens with one attached hydrogen (secondary N) is 1. The van der Waals surface area contributed by atoms with Crippen molar-refractivity contribution in [1.82, 2.24) is 4.98 Å². The van der Waals surface area contributed by atoms with E-state index in [0.29, 0.717) is 5.92 Å². The highest BCUT2D eigenvalue weighted by Crippen LogP contribution is 2.27. The fourth-order valence-corrected chi connectivity index (χ4v) is 2.61. The van der Waals surface area contributed by atoms with E-state index < -0.39 is 0 Å². The molecule has 2 aromatic rings. The highest BCUT2D eigenvalue weighted by Gasteiger charge is 2.12. The highest BCUT2D eigenvalue weighted by molar-refractivity contribution is 5.80. The summed E-state index contributed by atoms with van der Waals surface area (Å²) in [5.41, 5.74) is 8.35. The Hall–Kier alpha value is -1.28. The van der Waals surface area contributed by atoms with Crippen LogP contribution in [-0.2, 0) is 0 Å². The first kappa shape index (κ1) is 13.2. The van der Waals surface area contributed by atoms with Crippen LogP contribution in [0.5, 0.6) is 0 Å². The SMILES string of the molecule is CCCCCC(CCN)c1cc2ccccc2[nH]1. The Balaban J connectivity index is 2.13. The highest BCUT2D eigenvalue weighted by atomic mass is 14.7. The molecule has 1 aromatic heterocycles. The largest absolute Gasteiger partial charge is 0.358 e. The van der Waals surface area contributed by atoms with E-state index in [0.717, 1.165) is 13.0 Å². The second-order valence-corrected chi connectivity index (χ2v) is 5.08. The fraction of sp³-hybridized carbons (Fsp3) is 0.500. The summed E-state index contributed by atoms with van der Waals surface area (Å²) in [5, 5.41) is 1.31. The fourth-order valence-electron chi connectivity index (χ4n) is 2.61. The van der Waals surface area contributed by atoms with Crippen molar-refractivity contribution in [1.29, 1.82) is 0 Å². The Morgan fingerprint density at radius 2 is 2.00 bits per heavy atom. The van der Waals surface area contributed by atoms with E-state index in [4.69, 9.17) is 5.73 Å². The molecule has 2 nitrogen and oxygen atoms in total. The minimum Gasteiger partial charge on any atom is -0.358 e. The minimum absolute atomic E-state index is 0.592. The summed E-state index contributed by atoms with van der Waals surface area (Å²) in [6.45, 7) is 3.02. The third kappa shape index (κ3) is 3.14. The molecule has 0 aliphatic heterocycles. The van der Waals surface area contributed by atoms with Crippen molar-refractivity contribution in [2.24, 2.45) is 5.73 Å². The van der Waals surface area contributed by atoms with Gasteiger partial charge in [0, 0.05) is 17.1 Å². The van der Waals surface area contributed by atoms with E-state index in [1.165, 1.54) is 42.3 Å². The van der Waals surface area contributed by atoms with Gasteiger partial charge in [0.25, 0.3) is 0 Å². The minimum atomic E-state index is 0.592. The number of fused-ring (bicyclic) bond motifs is 1. The van der Waals surface area contributed by atoms with Crippen molar-refractivity contribution in [2.75, 3.05) is 6.54 Å². The van der Waals surface area contributed by atoms with Gasteiger partial charge in [0.2, 0.25) is 0 Å². The molecule has 0 aliphatic carbocycles. The molecule has 98 valence electrons. The van der Waals surface area contributed by atoms with Crippen molar-refractivity contribution in [3.05, 3.63) is 36.0 Å². The van der Waals surface area contributed by atoms with Crippen LogP contribution in [0.15, 0.2) is 30.3 Å². The lowest BCUT2D eigenvalue weighted by molar-refractivity contribution is 0.532. The Morgan fingerprint density at radius 1 is 1.17 bits per heavy atom. The Bertz CT molecular complexity index is 440. The maximum absolute atomic E-state index is 5.75. The van der Waals surface area contributed by atoms with Crippen LogP contribution in [0.25, 0.3) is 10.9 Å². The molecule has 0 saturated carbocycles. The number of hydrogen-bond donors (Lipinski definition) is 2. The molecule has 0 saturated heterocycles. The lowest BCUT2D eigenvalue weighted by Crippen LogP contribution is -2.08. The van der Waals surface area contributed by atoms with E-state index in [9.17, 15) is 0 Å². The lowest BCUT2D eigenvalue weighted by atomic mass is 9.94. The molecule has 2 rings (SSSR count). The van der Waals surface area contributed by atoms with Gasteiger partial charge in [-0.3, -0.25) is 0 Å². The molecule has 1 aromatic carbocycles. The van der Waals surface area contributed by atoms with Crippen LogP contribution < -0.4 is 5.73 Å². The summed E-state index contributed by atoms with van der Waals surface area (Å²) in [6.07, 6.45) is 6.23. The van der Waals surface area contributed by atoms with E-state index in [2.05, 4.69) is 42.2 Å². The number of aromatic nitrogens is 1. The number of para-hydroxylation sites is 1. The van der Waals surface area contributed by atoms with Crippen molar-refractivity contribution >= 4 is 10.9 Å². The van der Waals surface area contributed by atoms with Gasteiger partial charge >= 0.3 is 0 Å². The monoisotopic (exact) mass is 244 g/mol. The number of H-pyrrole nitrogens is 1. The molecule has 3 N–H and O–H groups in total. The van der Waals surface area contributed by atoms with Crippen LogP contribution in [0.4, 0.5) is 0 Å². The standard InChI is InChI=1S/C16H24N2/c1-2-3-4-7-13(10-11-17)16-12-14-8-5-6-9-15(14)18-16/h5-6,8-9,12-13,18H,2-4,7,10-11,17H2,1H3. The van der Waals surface area contributed by atoms with Crippen molar-refractivity contribution in [3.8, 4) is 0 Å². The number of rotatable bonds is 7. The van der Waals surface area contributed by atoms with E-state index in [1.807, 2.05) is 0 Å². The maximum atomic E-state index is 5.75. The molecule has 0 aliphatic rings. The Morgan fingerprint density at radius 3 is 2.72 bits per heavy atom. The molecule has 1 unspecified atom stereocenters. The number of aromatic amines is 1. The molecule has 0 spiro atoms. The van der Waals surface area contributed by atoms with Gasteiger partial charge in [-0.25, -0.2) is 0 Å². The van der Waals surface area contributed by atoms with Gasteiger partial charge in [-0.2, -0.15) is 0 Å². The second-order valence-electron chi connectivity index (χ2n) is 5.08. The van der Waals surface area contributed by atoms with Gasteiger partial charge in [0.05, 0.1) is 0 Å². The lowest BCUT2D eigenvalue weighted by Gasteiger charge is -2.14. The van der Waals surface area contributed by atoms with Crippen molar-refractivity contribution in [2.45, 2.75) is 44.9 Å². The van der Waals surface area contributed by atoms with Crippen LogP contribution in [-0.4, -0.2) is 11.5 Å². The first-order valence-corrected chi connectivity index (χ1v) is 7.13. The van der Waals surface area contributed by atoms with Crippen LogP contribution in [0.2, 0.25) is 0 Å². The third-order valence-corrected chi connectivity index (χ3v) is 3.66. The van der Waals surface area contributed by atoms with Crippen molar-refractivity contribution < 1.29 is 0 Å². The summed E-state index contributed by atoms with van der Waals surface area (Å²) < 4.78 is 0. The number of benzene rings is 1. The quantitative estimate of drug-likeness (QED) is 0.705. The summed E-state index contributed by atoms with van der Waals surface area (Å²) in [4.78, 5) is 3.55.